The molecular formula is C11H16N4O3. The van der Waals surface area contributed by atoms with Crippen molar-refractivity contribution in [2.24, 2.45) is 0 Å². The van der Waals surface area contributed by atoms with Gasteiger partial charge in [0, 0.05) is 13.0 Å². The van der Waals surface area contributed by atoms with Gasteiger partial charge in [-0.2, -0.15) is 0 Å². The molecule has 2 heterocycles. The second-order valence-electron chi connectivity index (χ2n) is 5.04. The highest BCUT2D eigenvalue weighted by atomic mass is 16.5. The third kappa shape index (κ3) is 1.69. The first kappa shape index (κ1) is 11.6. The molecule has 1 aromatic rings. The summed E-state index contributed by atoms with van der Waals surface area (Å²) >= 11 is 0. The van der Waals surface area contributed by atoms with E-state index in [0.717, 1.165) is 25.9 Å². The van der Waals surface area contributed by atoms with E-state index in [4.69, 9.17) is 4.74 Å². The second kappa shape index (κ2) is 4.31. The average Bonchev–Trinajstić information content (AvgIpc) is 2.89. The number of carboxylic acid groups (broad SMARTS) is 1. The minimum Gasteiger partial charge on any atom is -0.479 e. The lowest BCUT2D eigenvalue weighted by molar-refractivity contribution is -0.153. The Morgan fingerprint density at radius 3 is 2.89 bits per heavy atom. The van der Waals surface area contributed by atoms with Crippen LogP contribution in [-0.4, -0.2) is 44.0 Å². The number of aliphatic carboxylic acids is 1. The summed E-state index contributed by atoms with van der Waals surface area (Å²) in [5, 5.41) is 20.9. The van der Waals surface area contributed by atoms with Crippen molar-refractivity contribution in [2.75, 3.05) is 6.61 Å². The second-order valence-corrected chi connectivity index (χ2v) is 5.04. The predicted octanol–water partition coefficient (Wildman–Crippen LogP) is 0.358. The first-order valence-corrected chi connectivity index (χ1v) is 6.35. The number of hydrogen-bond donors (Lipinski definition) is 1. The summed E-state index contributed by atoms with van der Waals surface area (Å²) in [5.41, 5.74) is -0.919. The zero-order chi connectivity index (χ0) is 12.6. The van der Waals surface area contributed by atoms with Crippen molar-refractivity contribution in [3.63, 3.8) is 0 Å². The van der Waals surface area contributed by atoms with E-state index in [1.807, 2.05) is 0 Å². The lowest BCUT2D eigenvalue weighted by Gasteiger charge is -2.37. The van der Waals surface area contributed by atoms with Crippen LogP contribution < -0.4 is 0 Å². The van der Waals surface area contributed by atoms with E-state index < -0.39 is 11.5 Å². The Balaban J connectivity index is 1.84. The van der Waals surface area contributed by atoms with Crippen LogP contribution in [-0.2, 0) is 21.5 Å². The standard InChI is InChI=1S/C11H16N4O3/c16-10(17)11(4-2-5-11)15-9(12-13-14-15)7-8-3-1-6-18-8/h8H,1-7H2,(H,16,17). The van der Waals surface area contributed by atoms with E-state index >= 15 is 0 Å². The van der Waals surface area contributed by atoms with Crippen LogP contribution in [0.15, 0.2) is 0 Å². The van der Waals surface area contributed by atoms with Gasteiger partial charge >= 0.3 is 5.97 Å². The Labute approximate surface area is 104 Å². The molecule has 1 aromatic heterocycles. The molecule has 0 amide bonds. The van der Waals surface area contributed by atoms with Gasteiger partial charge in [-0.1, -0.05) is 0 Å². The van der Waals surface area contributed by atoms with Gasteiger partial charge in [0.2, 0.25) is 0 Å². The molecule has 1 aliphatic carbocycles. The van der Waals surface area contributed by atoms with Crippen LogP contribution in [0.2, 0.25) is 0 Å². The number of aromatic nitrogens is 4. The fraction of sp³-hybridized carbons (Fsp3) is 0.818. The van der Waals surface area contributed by atoms with Gasteiger partial charge in [-0.05, 0) is 42.5 Å². The molecule has 1 saturated carbocycles. The molecule has 0 radical (unpaired) electrons. The summed E-state index contributed by atoms with van der Waals surface area (Å²) in [4.78, 5) is 11.4. The minimum atomic E-state index is -0.919. The maximum absolute atomic E-state index is 11.4. The largest absolute Gasteiger partial charge is 0.479 e. The van der Waals surface area contributed by atoms with E-state index in [1.165, 1.54) is 4.68 Å². The maximum Gasteiger partial charge on any atom is 0.331 e. The van der Waals surface area contributed by atoms with Gasteiger partial charge in [0.25, 0.3) is 0 Å². The Morgan fingerprint density at radius 2 is 2.33 bits per heavy atom. The molecule has 1 N–H and O–H groups in total. The Morgan fingerprint density at radius 1 is 1.50 bits per heavy atom. The molecule has 2 fully saturated rings. The number of carboxylic acids is 1. The number of nitrogens with zero attached hydrogens (tertiary/aromatic N) is 4. The van der Waals surface area contributed by atoms with Crippen LogP contribution in [0.4, 0.5) is 0 Å². The summed E-state index contributed by atoms with van der Waals surface area (Å²) in [7, 11) is 0. The van der Waals surface area contributed by atoms with Gasteiger partial charge in [-0.15, -0.1) is 5.10 Å². The number of hydrogen-bond acceptors (Lipinski definition) is 5. The van der Waals surface area contributed by atoms with Crippen molar-refractivity contribution in [2.45, 2.75) is 50.2 Å². The van der Waals surface area contributed by atoms with Gasteiger partial charge in [0.1, 0.15) is 0 Å². The van der Waals surface area contributed by atoms with Crippen LogP contribution in [0.5, 0.6) is 0 Å². The molecule has 7 nitrogen and oxygen atoms in total. The summed E-state index contributed by atoms with van der Waals surface area (Å²) in [6.07, 6.45) is 4.88. The molecule has 1 atom stereocenters. The highest BCUT2D eigenvalue weighted by molar-refractivity contribution is 5.77. The predicted molar refractivity (Wildman–Crippen MR) is 60.0 cm³/mol. The van der Waals surface area contributed by atoms with Gasteiger partial charge < -0.3 is 9.84 Å². The first-order valence-electron chi connectivity index (χ1n) is 6.35. The molecule has 0 aromatic carbocycles. The average molecular weight is 252 g/mol. The van der Waals surface area contributed by atoms with Crippen LogP contribution in [0, 0.1) is 0 Å². The molecule has 0 bridgehead atoms. The molecule has 0 spiro atoms. The normalized spacial score (nSPS) is 25.9. The van der Waals surface area contributed by atoms with E-state index in [9.17, 15) is 9.90 Å². The van der Waals surface area contributed by atoms with Crippen molar-refractivity contribution in [1.82, 2.24) is 20.2 Å². The summed E-state index contributed by atoms with van der Waals surface area (Å²) in [6, 6.07) is 0. The maximum atomic E-state index is 11.4. The summed E-state index contributed by atoms with van der Waals surface area (Å²) < 4.78 is 7.05. The van der Waals surface area contributed by atoms with Crippen LogP contribution >= 0.6 is 0 Å². The monoisotopic (exact) mass is 252 g/mol. The first-order chi connectivity index (χ1) is 8.72. The van der Waals surface area contributed by atoms with E-state index in [0.29, 0.717) is 25.1 Å². The number of rotatable bonds is 4. The van der Waals surface area contributed by atoms with Crippen LogP contribution in [0.25, 0.3) is 0 Å². The molecule has 2 aliphatic rings. The minimum absolute atomic E-state index is 0.126. The fourth-order valence-electron chi connectivity index (χ4n) is 2.70. The van der Waals surface area contributed by atoms with Crippen molar-refractivity contribution >= 4 is 5.97 Å². The van der Waals surface area contributed by atoms with Crippen LogP contribution in [0.1, 0.15) is 37.9 Å². The molecule has 3 rings (SSSR count). The summed E-state index contributed by atoms with van der Waals surface area (Å²) in [6.45, 7) is 0.774. The highest BCUT2D eigenvalue weighted by Crippen LogP contribution is 2.39. The molecule has 18 heavy (non-hydrogen) atoms. The SMILES string of the molecule is O=C(O)C1(n2nnnc2CC2CCCO2)CCC1. The van der Waals surface area contributed by atoms with E-state index in [1.54, 1.807) is 0 Å². The molecule has 7 heteroatoms. The smallest absolute Gasteiger partial charge is 0.331 e. The fourth-order valence-corrected chi connectivity index (χ4v) is 2.70. The molecule has 98 valence electrons. The van der Waals surface area contributed by atoms with Gasteiger partial charge in [0.15, 0.2) is 11.4 Å². The third-order valence-electron chi connectivity index (χ3n) is 3.95. The van der Waals surface area contributed by atoms with E-state index in [-0.39, 0.29) is 6.10 Å². The topological polar surface area (TPSA) is 90.1 Å². The van der Waals surface area contributed by atoms with Crippen molar-refractivity contribution in [3.05, 3.63) is 5.82 Å². The molecule has 1 saturated heterocycles. The number of ether oxygens (including phenoxy) is 1. The van der Waals surface area contributed by atoms with Crippen molar-refractivity contribution < 1.29 is 14.6 Å². The van der Waals surface area contributed by atoms with Gasteiger partial charge in [-0.25, -0.2) is 9.48 Å². The van der Waals surface area contributed by atoms with Crippen LogP contribution in [0.3, 0.4) is 0 Å². The quantitative estimate of drug-likeness (QED) is 0.832. The molecular weight excluding hydrogens is 236 g/mol. The van der Waals surface area contributed by atoms with E-state index in [2.05, 4.69) is 15.5 Å². The van der Waals surface area contributed by atoms with Crippen molar-refractivity contribution in [3.8, 4) is 0 Å². The number of carbonyl (C=O) groups is 1. The zero-order valence-electron chi connectivity index (χ0n) is 10.1. The Kier molecular flexibility index (Phi) is 2.77. The lowest BCUT2D eigenvalue weighted by atomic mass is 9.77. The third-order valence-corrected chi connectivity index (χ3v) is 3.95. The Bertz CT molecular complexity index is 449. The zero-order valence-corrected chi connectivity index (χ0v) is 10.1. The molecule has 1 aliphatic heterocycles. The van der Waals surface area contributed by atoms with Crippen molar-refractivity contribution in [1.29, 1.82) is 0 Å². The van der Waals surface area contributed by atoms with Gasteiger partial charge in [0.05, 0.1) is 6.10 Å². The molecule has 1 unspecified atom stereocenters. The highest BCUT2D eigenvalue weighted by Gasteiger charge is 2.49. The lowest BCUT2D eigenvalue weighted by Crippen LogP contribution is -2.49. The number of tetrazole rings is 1. The van der Waals surface area contributed by atoms with Gasteiger partial charge in [-0.3, -0.25) is 0 Å². The summed E-state index contributed by atoms with van der Waals surface area (Å²) in [5.74, 6) is -0.210. The Hall–Kier alpha value is -1.50.